The molecule has 1 aromatic carbocycles. The van der Waals surface area contributed by atoms with Crippen LogP contribution in [0.5, 0.6) is 5.75 Å². The first kappa shape index (κ1) is 12.9. The molecule has 98 valence electrons. The minimum atomic E-state index is -0.468. The van der Waals surface area contributed by atoms with Crippen molar-refractivity contribution in [3.8, 4) is 5.75 Å². The highest BCUT2D eigenvalue weighted by Crippen LogP contribution is 2.54. The molecule has 1 aliphatic carbocycles. The van der Waals surface area contributed by atoms with Gasteiger partial charge in [-0.25, -0.2) is 0 Å². The molecule has 18 heavy (non-hydrogen) atoms. The molecule has 4 nitrogen and oxygen atoms in total. The molecule has 0 saturated heterocycles. The lowest BCUT2D eigenvalue weighted by molar-refractivity contribution is -0.144. The van der Waals surface area contributed by atoms with E-state index in [1.54, 1.807) is 7.11 Å². The molecular weight excluding hydrogens is 230 g/mol. The maximum atomic E-state index is 12.1. The van der Waals surface area contributed by atoms with Crippen molar-refractivity contribution in [1.82, 2.24) is 5.32 Å². The molecule has 2 atom stereocenters. The Labute approximate surface area is 107 Å². The van der Waals surface area contributed by atoms with E-state index in [2.05, 4.69) is 5.32 Å². The van der Waals surface area contributed by atoms with E-state index in [4.69, 9.17) is 9.47 Å². The zero-order chi connectivity index (χ0) is 13.2. The van der Waals surface area contributed by atoms with Crippen LogP contribution in [0.1, 0.15) is 12.0 Å². The van der Waals surface area contributed by atoms with Crippen molar-refractivity contribution >= 4 is 5.97 Å². The minimum absolute atomic E-state index is 0.145. The van der Waals surface area contributed by atoms with Crippen molar-refractivity contribution in [2.45, 2.75) is 11.8 Å². The number of methoxy groups -OCH3 is 2. The van der Waals surface area contributed by atoms with E-state index in [1.807, 2.05) is 31.3 Å². The third-order valence-corrected chi connectivity index (χ3v) is 3.71. The molecule has 0 aliphatic heterocycles. The summed E-state index contributed by atoms with van der Waals surface area (Å²) >= 11 is 0. The first-order chi connectivity index (χ1) is 8.68. The number of ether oxygens (including phenoxy) is 2. The quantitative estimate of drug-likeness (QED) is 0.800. The summed E-state index contributed by atoms with van der Waals surface area (Å²) in [7, 11) is 4.97. The van der Waals surface area contributed by atoms with E-state index in [1.165, 1.54) is 7.11 Å². The first-order valence-electron chi connectivity index (χ1n) is 6.06. The van der Waals surface area contributed by atoms with E-state index in [-0.39, 0.29) is 5.97 Å². The Morgan fingerprint density at radius 1 is 1.39 bits per heavy atom. The largest absolute Gasteiger partial charge is 0.497 e. The Balaban J connectivity index is 2.27. The highest BCUT2D eigenvalue weighted by atomic mass is 16.5. The second-order valence-electron chi connectivity index (χ2n) is 4.65. The molecule has 0 amide bonds. The highest BCUT2D eigenvalue weighted by Gasteiger charge is 2.61. The predicted molar refractivity (Wildman–Crippen MR) is 68.7 cm³/mol. The monoisotopic (exact) mass is 249 g/mol. The fourth-order valence-electron chi connectivity index (χ4n) is 2.61. The maximum absolute atomic E-state index is 12.1. The molecule has 0 radical (unpaired) electrons. The molecule has 1 aromatic rings. The van der Waals surface area contributed by atoms with Gasteiger partial charge in [0.1, 0.15) is 5.75 Å². The van der Waals surface area contributed by atoms with Crippen molar-refractivity contribution in [3.63, 3.8) is 0 Å². The van der Waals surface area contributed by atoms with Crippen LogP contribution in [0.2, 0.25) is 0 Å². The zero-order valence-corrected chi connectivity index (χ0v) is 11.0. The molecule has 0 heterocycles. The molecule has 0 bridgehead atoms. The second-order valence-corrected chi connectivity index (χ2v) is 4.65. The third kappa shape index (κ3) is 1.97. The summed E-state index contributed by atoms with van der Waals surface area (Å²) in [4.78, 5) is 12.1. The van der Waals surface area contributed by atoms with Gasteiger partial charge < -0.3 is 14.8 Å². The summed E-state index contributed by atoms with van der Waals surface area (Å²) in [5.74, 6) is 0.959. The predicted octanol–water partition coefficient (Wildman–Crippen LogP) is 1.35. The lowest BCUT2D eigenvalue weighted by Gasteiger charge is -2.16. The number of hydrogen-bond acceptors (Lipinski definition) is 4. The summed E-state index contributed by atoms with van der Waals surface area (Å²) in [5, 5.41) is 3.12. The molecule has 1 aliphatic rings. The van der Waals surface area contributed by atoms with Crippen LogP contribution in [-0.4, -0.2) is 33.8 Å². The molecule has 0 aromatic heterocycles. The van der Waals surface area contributed by atoms with Gasteiger partial charge in [-0.1, -0.05) is 12.1 Å². The van der Waals surface area contributed by atoms with Crippen LogP contribution in [0, 0.1) is 5.92 Å². The number of hydrogen-bond donors (Lipinski definition) is 1. The molecule has 2 rings (SSSR count). The molecule has 0 unspecified atom stereocenters. The summed E-state index contributed by atoms with van der Waals surface area (Å²) in [5.41, 5.74) is 0.541. The summed E-state index contributed by atoms with van der Waals surface area (Å²) in [6.07, 6.45) is 0.840. The van der Waals surface area contributed by atoms with Crippen molar-refractivity contribution in [3.05, 3.63) is 29.8 Å². The van der Waals surface area contributed by atoms with Crippen molar-refractivity contribution in [1.29, 1.82) is 0 Å². The first-order valence-corrected chi connectivity index (χ1v) is 6.06. The number of carbonyl (C=O) groups excluding carboxylic acids is 1. The van der Waals surface area contributed by atoms with E-state index >= 15 is 0 Å². The molecule has 0 spiro atoms. The highest BCUT2D eigenvalue weighted by molar-refractivity contribution is 5.87. The van der Waals surface area contributed by atoms with Gasteiger partial charge in [0.2, 0.25) is 0 Å². The van der Waals surface area contributed by atoms with E-state index < -0.39 is 5.41 Å². The topological polar surface area (TPSA) is 47.6 Å². The standard InChI is InChI=1S/C14H19NO3/c1-15-9-11-8-14(11,13(16)18-3)10-4-6-12(17-2)7-5-10/h4-7,11,15H,8-9H2,1-3H3/t11-,14-/m1/s1. The average Bonchev–Trinajstić information content (AvgIpc) is 3.14. The Bertz CT molecular complexity index is 429. The van der Waals surface area contributed by atoms with Crippen LogP contribution < -0.4 is 10.1 Å². The van der Waals surface area contributed by atoms with Crippen molar-refractivity contribution < 1.29 is 14.3 Å². The Morgan fingerprint density at radius 3 is 2.56 bits per heavy atom. The molecule has 1 N–H and O–H groups in total. The van der Waals surface area contributed by atoms with Crippen LogP contribution in [0.4, 0.5) is 0 Å². The van der Waals surface area contributed by atoms with Crippen LogP contribution in [-0.2, 0) is 14.9 Å². The van der Waals surface area contributed by atoms with Crippen molar-refractivity contribution in [2.75, 3.05) is 27.8 Å². The Morgan fingerprint density at radius 2 is 2.06 bits per heavy atom. The Kier molecular flexibility index (Phi) is 3.57. The van der Waals surface area contributed by atoms with Gasteiger partial charge in [0, 0.05) is 0 Å². The smallest absolute Gasteiger partial charge is 0.316 e. The number of rotatable bonds is 5. The van der Waals surface area contributed by atoms with Gasteiger partial charge in [0.05, 0.1) is 19.6 Å². The van der Waals surface area contributed by atoms with Gasteiger partial charge in [0.25, 0.3) is 0 Å². The summed E-state index contributed by atoms with van der Waals surface area (Å²) in [6.45, 7) is 0.821. The van der Waals surface area contributed by atoms with Gasteiger partial charge in [0.15, 0.2) is 0 Å². The second kappa shape index (κ2) is 4.98. The lowest BCUT2D eigenvalue weighted by Crippen LogP contribution is -2.27. The normalized spacial score (nSPS) is 25.6. The number of esters is 1. The van der Waals surface area contributed by atoms with Gasteiger partial charge in [-0.05, 0) is 43.6 Å². The van der Waals surface area contributed by atoms with E-state index in [9.17, 15) is 4.79 Å². The van der Waals surface area contributed by atoms with Crippen molar-refractivity contribution in [2.24, 2.45) is 5.92 Å². The van der Waals surface area contributed by atoms with Crippen LogP contribution in [0.3, 0.4) is 0 Å². The van der Waals surface area contributed by atoms with Crippen LogP contribution in [0.15, 0.2) is 24.3 Å². The molecule has 1 saturated carbocycles. The van der Waals surface area contributed by atoms with E-state index in [0.29, 0.717) is 5.92 Å². The Hall–Kier alpha value is -1.55. The van der Waals surface area contributed by atoms with Crippen LogP contribution in [0.25, 0.3) is 0 Å². The van der Waals surface area contributed by atoms with Gasteiger partial charge in [-0.15, -0.1) is 0 Å². The van der Waals surface area contributed by atoms with Crippen LogP contribution >= 0.6 is 0 Å². The fourth-order valence-corrected chi connectivity index (χ4v) is 2.61. The SMILES string of the molecule is CNC[C@H]1C[C@@]1(C(=O)OC)c1ccc(OC)cc1. The third-order valence-electron chi connectivity index (χ3n) is 3.71. The number of carbonyl (C=O) groups is 1. The fraction of sp³-hybridized carbons (Fsp3) is 0.500. The lowest BCUT2D eigenvalue weighted by atomic mass is 9.93. The summed E-state index contributed by atoms with van der Waals surface area (Å²) in [6, 6.07) is 7.67. The van der Waals surface area contributed by atoms with Gasteiger partial charge >= 0.3 is 5.97 Å². The minimum Gasteiger partial charge on any atom is -0.497 e. The average molecular weight is 249 g/mol. The molecular formula is C14H19NO3. The number of nitrogens with one attached hydrogen (secondary N) is 1. The van der Waals surface area contributed by atoms with E-state index in [0.717, 1.165) is 24.3 Å². The molecule has 1 fully saturated rings. The summed E-state index contributed by atoms with van der Waals surface area (Å²) < 4.78 is 10.1. The number of benzene rings is 1. The van der Waals surface area contributed by atoms with Gasteiger partial charge in [-0.3, -0.25) is 4.79 Å². The zero-order valence-electron chi connectivity index (χ0n) is 11.0. The van der Waals surface area contributed by atoms with Gasteiger partial charge in [-0.2, -0.15) is 0 Å². The molecule has 4 heteroatoms. The maximum Gasteiger partial charge on any atom is 0.316 e.